The van der Waals surface area contributed by atoms with Gasteiger partial charge in [-0.15, -0.1) is 0 Å². The van der Waals surface area contributed by atoms with E-state index < -0.39 is 34.4 Å². The predicted molar refractivity (Wildman–Crippen MR) is 104 cm³/mol. The van der Waals surface area contributed by atoms with Crippen molar-refractivity contribution in [2.45, 2.75) is 33.8 Å². The summed E-state index contributed by atoms with van der Waals surface area (Å²) >= 11 is 0. The molecule has 2 aromatic carbocycles. The van der Waals surface area contributed by atoms with Gasteiger partial charge in [-0.1, -0.05) is 6.07 Å². The maximum Gasteiger partial charge on any atom is 0.339 e. The van der Waals surface area contributed by atoms with Crippen molar-refractivity contribution in [3.05, 3.63) is 73.8 Å². The molecule has 0 fully saturated rings. The van der Waals surface area contributed by atoms with Gasteiger partial charge in [-0.2, -0.15) is 0 Å². The van der Waals surface area contributed by atoms with Gasteiger partial charge in [0.2, 0.25) is 5.78 Å². The van der Waals surface area contributed by atoms with E-state index in [1.54, 1.807) is 13.0 Å². The van der Waals surface area contributed by atoms with Gasteiger partial charge in [0.25, 0.3) is 5.69 Å². The minimum Gasteiger partial charge on any atom is -0.465 e. The van der Waals surface area contributed by atoms with Crippen LogP contribution < -0.4 is 0 Å². The van der Waals surface area contributed by atoms with Gasteiger partial charge in [0, 0.05) is 17.7 Å². The van der Waals surface area contributed by atoms with Crippen LogP contribution in [0.5, 0.6) is 0 Å². The lowest BCUT2D eigenvalue weighted by molar-refractivity contribution is -0.384. The first kappa shape index (κ1) is 21.7. The van der Waals surface area contributed by atoms with E-state index in [1.165, 1.54) is 6.92 Å². The Morgan fingerprint density at radius 2 is 1.45 bits per heavy atom. The van der Waals surface area contributed by atoms with Crippen LogP contribution in [0.3, 0.4) is 0 Å². The summed E-state index contributed by atoms with van der Waals surface area (Å²) in [5, 5.41) is 11.1. The number of nitrogens with zero attached hydrogens (tertiary/aromatic N) is 1. The van der Waals surface area contributed by atoms with Crippen LogP contribution in [-0.4, -0.2) is 35.9 Å². The van der Waals surface area contributed by atoms with Gasteiger partial charge < -0.3 is 9.47 Å². The second-order valence-corrected chi connectivity index (χ2v) is 6.68. The molecule has 0 saturated carbocycles. The minimum atomic E-state index is -1.12. The van der Waals surface area contributed by atoms with E-state index in [4.69, 9.17) is 4.74 Å². The lowest BCUT2D eigenvalue weighted by atomic mass is 9.96. The number of carbonyl (C=O) groups is 3. The molecule has 0 aromatic heterocycles. The largest absolute Gasteiger partial charge is 0.465 e. The number of aryl methyl sites for hydroxylation is 3. The number of esters is 2. The summed E-state index contributed by atoms with van der Waals surface area (Å²) in [5.74, 6) is -2.18. The third-order valence-corrected chi connectivity index (χ3v) is 4.54. The third-order valence-electron chi connectivity index (χ3n) is 4.54. The topological polar surface area (TPSA) is 113 Å². The molecular weight excluding hydrogens is 378 g/mol. The predicted octanol–water partition coefficient (Wildman–Crippen LogP) is 3.73. The molecule has 2 aromatic rings. The van der Waals surface area contributed by atoms with Crippen molar-refractivity contribution in [1.29, 1.82) is 0 Å². The van der Waals surface area contributed by atoms with E-state index in [-0.39, 0.29) is 11.1 Å². The molecule has 152 valence electrons. The number of Topliss-reactive ketones (excluding diaryl/α,β-unsaturated/α-hetero) is 1. The molecule has 0 N–H and O–H groups in total. The monoisotopic (exact) mass is 399 g/mol. The molecule has 8 nitrogen and oxygen atoms in total. The molecule has 0 radical (unpaired) electrons. The highest BCUT2D eigenvalue weighted by atomic mass is 16.6. The lowest BCUT2D eigenvalue weighted by Gasteiger charge is -2.15. The zero-order chi connectivity index (χ0) is 21.9. The van der Waals surface area contributed by atoms with Gasteiger partial charge in [-0.3, -0.25) is 14.9 Å². The number of rotatable bonds is 6. The molecule has 29 heavy (non-hydrogen) atoms. The van der Waals surface area contributed by atoms with Crippen molar-refractivity contribution in [2.75, 3.05) is 7.11 Å². The Morgan fingerprint density at radius 3 is 2.00 bits per heavy atom. The van der Waals surface area contributed by atoms with Crippen LogP contribution in [0.2, 0.25) is 0 Å². The summed E-state index contributed by atoms with van der Waals surface area (Å²) < 4.78 is 9.77. The molecule has 0 saturated heterocycles. The quantitative estimate of drug-likeness (QED) is 0.315. The molecule has 0 bridgehead atoms. The fourth-order valence-electron chi connectivity index (χ4n) is 2.80. The third kappa shape index (κ3) is 4.84. The van der Waals surface area contributed by atoms with E-state index in [1.807, 2.05) is 19.9 Å². The van der Waals surface area contributed by atoms with Gasteiger partial charge in [0.1, 0.15) is 0 Å². The Kier molecular flexibility index (Phi) is 6.48. The summed E-state index contributed by atoms with van der Waals surface area (Å²) in [6.07, 6.45) is -1.12. The first-order chi connectivity index (χ1) is 13.5. The number of nitro groups is 1. The molecule has 1 atom stereocenters. The number of non-ortho nitro benzene ring substituents is 1. The van der Waals surface area contributed by atoms with Crippen molar-refractivity contribution < 1.29 is 28.8 Å². The van der Waals surface area contributed by atoms with Crippen LogP contribution in [0.25, 0.3) is 0 Å². The van der Waals surface area contributed by atoms with Gasteiger partial charge in [0.05, 0.1) is 23.2 Å². The second-order valence-electron chi connectivity index (χ2n) is 6.68. The number of benzene rings is 2. The molecule has 2 rings (SSSR count). The Labute approximate surface area is 167 Å². The molecule has 1 unspecified atom stereocenters. The number of ketones is 1. The minimum absolute atomic E-state index is 0.169. The second kappa shape index (κ2) is 8.64. The number of nitro benzene ring substituents is 1. The number of ether oxygens (including phenoxy) is 2. The summed E-state index contributed by atoms with van der Waals surface area (Å²) in [5.41, 5.74) is 2.29. The highest BCUT2D eigenvalue weighted by Gasteiger charge is 2.25. The van der Waals surface area contributed by atoms with Gasteiger partial charge in [-0.25, -0.2) is 9.59 Å². The van der Waals surface area contributed by atoms with E-state index in [2.05, 4.69) is 4.74 Å². The molecule has 0 aliphatic carbocycles. The molecule has 0 spiro atoms. The average molecular weight is 399 g/mol. The van der Waals surface area contributed by atoms with Crippen LogP contribution in [0, 0.1) is 30.9 Å². The zero-order valence-electron chi connectivity index (χ0n) is 16.8. The highest BCUT2D eigenvalue weighted by Crippen LogP contribution is 2.21. The molecular formula is C21H21NO7. The van der Waals surface area contributed by atoms with Crippen molar-refractivity contribution in [1.82, 2.24) is 0 Å². The normalized spacial score (nSPS) is 11.5. The molecule has 0 aliphatic rings. The standard InChI is InChI=1S/C21H21NO7/c1-11-6-13(3)18(7-12(11)2)19(23)14(4)29-21(25)16-8-15(20(24)28-5)9-17(10-16)22(26)27/h6-10,14H,1-5H3. The van der Waals surface area contributed by atoms with Gasteiger partial charge >= 0.3 is 11.9 Å². The SMILES string of the molecule is COC(=O)c1cc(C(=O)OC(C)C(=O)c2cc(C)c(C)cc2C)cc([N+](=O)[O-])c1. The highest BCUT2D eigenvalue weighted by molar-refractivity contribution is 6.03. The molecule has 0 aliphatic heterocycles. The number of hydrogen-bond donors (Lipinski definition) is 0. The number of carbonyl (C=O) groups excluding carboxylic acids is 3. The molecule has 0 amide bonds. The van der Waals surface area contributed by atoms with Crippen LogP contribution in [-0.2, 0) is 9.47 Å². The Balaban J connectivity index is 2.30. The summed E-state index contributed by atoms with van der Waals surface area (Å²) in [6, 6.07) is 6.71. The van der Waals surface area contributed by atoms with Crippen LogP contribution in [0.1, 0.15) is 54.7 Å². The maximum absolute atomic E-state index is 12.7. The first-order valence-corrected chi connectivity index (χ1v) is 8.76. The van der Waals surface area contributed by atoms with Crippen LogP contribution in [0.15, 0.2) is 30.3 Å². The van der Waals surface area contributed by atoms with Crippen molar-refractivity contribution >= 4 is 23.4 Å². The van der Waals surface area contributed by atoms with Crippen molar-refractivity contribution in [3.63, 3.8) is 0 Å². The summed E-state index contributed by atoms with van der Waals surface area (Å²) in [4.78, 5) is 47.3. The van der Waals surface area contributed by atoms with Gasteiger partial charge in [-0.05, 0) is 56.5 Å². The summed E-state index contributed by atoms with van der Waals surface area (Å²) in [7, 11) is 1.12. The van der Waals surface area contributed by atoms with E-state index in [0.717, 1.165) is 42.0 Å². The lowest BCUT2D eigenvalue weighted by Crippen LogP contribution is -2.25. The van der Waals surface area contributed by atoms with Gasteiger partial charge in [0.15, 0.2) is 6.10 Å². The Morgan fingerprint density at radius 1 is 0.897 bits per heavy atom. The average Bonchev–Trinajstić information content (AvgIpc) is 2.68. The summed E-state index contributed by atoms with van der Waals surface area (Å²) in [6.45, 7) is 7.02. The Hall–Kier alpha value is -3.55. The fraction of sp³-hybridized carbons (Fsp3) is 0.286. The van der Waals surface area contributed by atoms with Crippen LogP contribution >= 0.6 is 0 Å². The van der Waals surface area contributed by atoms with Crippen molar-refractivity contribution in [3.8, 4) is 0 Å². The number of methoxy groups -OCH3 is 1. The van der Waals surface area contributed by atoms with Crippen molar-refractivity contribution in [2.24, 2.45) is 0 Å². The van der Waals surface area contributed by atoms with E-state index in [9.17, 15) is 24.5 Å². The van der Waals surface area contributed by atoms with Crippen LogP contribution in [0.4, 0.5) is 5.69 Å². The molecule has 8 heteroatoms. The first-order valence-electron chi connectivity index (χ1n) is 8.76. The smallest absolute Gasteiger partial charge is 0.339 e. The number of hydrogen-bond acceptors (Lipinski definition) is 7. The Bertz CT molecular complexity index is 1010. The van der Waals surface area contributed by atoms with E-state index >= 15 is 0 Å². The zero-order valence-corrected chi connectivity index (χ0v) is 16.8. The maximum atomic E-state index is 12.7. The fourth-order valence-corrected chi connectivity index (χ4v) is 2.80. The van der Waals surface area contributed by atoms with E-state index in [0.29, 0.717) is 5.56 Å². The molecule has 0 heterocycles.